The third-order valence-electron chi connectivity index (χ3n) is 2.73. The van der Waals surface area contributed by atoms with Gasteiger partial charge in [0.25, 0.3) is 5.91 Å². The zero-order valence-electron chi connectivity index (χ0n) is 10.4. The van der Waals surface area contributed by atoms with Crippen molar-refractivity contribution in [3.8, 4) is 0 Å². The summed E-state index contributed by atoms with van der Waals surface area (Å²) < 4.78 is 1.67. The van der Waals surface area contributed by atoms with Gasteiger partial charge in [0.05, 0.1) is 5.56 Å². The zero-order valence-corrected chi connectivity index (χ0v) is 12.0. The van der Waals surface area contributed by atoms with E-state index in [1.807, 2.05) is 24.3 Å². The highest BCUT2D eigenvalue weighted by Crippen LogP contribution is 2.12. The Bertz CT molecular complexity index is 567. The lowest BCUT2D eigenvalue weighted by molar-refractivity contribution is -0.605. The summed E-state index contributed by atoms with van der Waals surface area (Å²) >= 11 is 3.37. The minimum Gasteiger partial charge on any atom is -0.619 e. The van der Waals surface area contributed by atoms with Gasteiger partial charge in [-0.25, -0.2) is 0 Å². The second-order valence-electron chi connectivity index (χ2n) is 4.23. The van der Waals surface area contributed by atoms with Crippen molar-refractivity contribution in [1.29, 1.82) is 0 Å². The number of hydrogen-bond acceptors (Lipinski definition) is 2. The Morgan fingerprint density at radius 3 is 2.37 bits per heavy atom. The van der Waals surface area contributed by atoms with Crippen LogP contribution in [0.25, 0.3) is 0 Å². The molecule has 1 aromatic heterocycles. The van der Waals surface area contributed by atoms with E-state index in [9.17, 15) is 10.0 Å². The van der Waals surface area contributed by atoms with Crippen molar-refractivity contribution in [1.82, 2.24) is 4.90 Å². The van der Waals surface area contributed by atoms with Gasteiger partial charge in [-0.15, -0.1) is 0 Å². The van der Waals surface area contributed by atoms with Crippen molar-refractivity contribution in [2.45, 2.75) is 6.54 Å². The average Bonchev–Trinajstić information content (AvgIpc) is 2.41. The SMILES string of the molecule is CN(Cc1ccc(Br)cc1)C(=O)c1cc[n+]([O-])cc1. The van der Waals surface area contributed by atoms with Crippen LogP contribution in [0.1, 0.15) is 15.9 Å². The van der Waals surface area contributed by atoms with Crippen LogP contribution in [0.3, 0.4) is 0 Å². The lowest BCUT2D eigenvalue weighted by Crippen LogP contribution is -2.29. The first-order chi connectivity index (χ1) is 9.06. The van der Waals surface area contributed by atoms with Gasteiger partial charge in [0, 0.05) is 30.2 Å². The fraction of sp³-hybridized carbons (Fsp3) is 0.143. The van der Waals surface area contributed by atoms with E-state index in [4.69, 9.17) is 0 Å². The number of halogens is 1. The fourth-order valence-electron chi connectivity index (χ4n) is 1.71. The third-order valence-corrected chi connectivity index (χ3v) is 3.26. The van der Waals surface area contributed by atoms with Gasteiger partial charge in [-0.2, -0.15) is 4.73 Å². The number of pyridine rings is 1. The van der Waals surface area contributed by atoms with Gasteiger partial charge < -0.3 is 10.1 Å². The highest BCUT2D eigenvalue weighted by molar-refractivity contribution is 9.10. The van der Waals surface area contributed by atoms with Crippen molar-refractivity contribution in [3.63, 3.8) is 0 Å². The first-order valence-electron chi connectivity index (χ1n) is 5.75. The Hall–Kier alpha value is -1.88. The highest BCUT2D eigenvalue weighted by Gasteiger charge is 2.12. The molecule has 19 heavy (non-hydrogen) atoms. The number of nitrogens with zero attached hydrogens (tertiary/aromatic N) is 2. The van der Waals surface area contributed by atoms with Gasteiger partial charge >= 0.3 is 0 Å². The summed E-state index contributed by atoms with van der Waals surface area (Å²) in [7, 11) is 1.74. The Morgan fingerprint density at radius 1 is 1.21 bits per heavy atom. The molecule has 0 saturated heterocycles. The summed E-state index contributed by atoms with van der Waals surface area (Å²) in [6.07, 6.45) is 2.64. The molecule has 0 atom stereocenters. The molecule has 0 N–H and O–H groups in total. The van der Waals surface area contributed by atoms with Crippen molar-refractivity contribution in [2.75, 3.05) is 7.05 Å². The molecule has 2 aromatic rings. The molecular weight excluding hydrogens is 308 g/mol. The van der Waals surface area contributed by atoms with Crippen molar-refractivity contribution < 1.29 is 9.52 Å². The molecule has 4 nitrogen and oxygen atoms in total. The van der Waals surface area contributed by atoms with E-state index in [1.165, 1.54) is 24.5 Å². The van der Waals surface area contributed by atoms with E-state index in [0.717, 1.165) is 10.0 Å². The van der Waals surface area contributed by atoms with Gasteiger partial charge in [-0.3, -0.25) is 4.79 Å². The molecule has 0 fully saturated rings. The van der Waals surface area contributed by atoms with Crippen LogP contribution >= 0.6 is 15.9 Å². The minimum atomic E-state index is -0.108. The Balaban J connectivity index is 2.07. The summed E-state index contributed by atoms with van der Waals surface area (Å²) in [4.78, 5) is 13.8. The van der Waals surface area contributed by atoms with Crippen LogP contribution in [0.2, 0.25) is 0 Å². The molecular formula is C14H13BrN2O2. The van der Waals surface area contributed by atoms with Gasteiger partial charge in [0.2, 0.25) is 0 Å². The van der Waals surface area contributed by atoms with Gasteiger partial charge in [-0.1, -0.05) is 28.1 Å². The molecule has 2 rings (SSSR count). The molecule has 0 radical (unpaired) electrons. The van der Waals surface area contributed by atoms with Crippen LogP contribution < -0.4 is 4.73 Å². The van der Waals surface area contributed by atoms with Crippen molar-refractivity contribution in [3.05, 3.63) is 69.6 Å². The van der Waals surface area contributed by atoms with E-state index < -0.39 is 0 Å². The summed E-state index contributed by atoms with van der Waals surface area (Å²) in [5.41, 5.74) is 1.56. The van der Waals surface area contributed by atoms with Crippen molar-refractivity contribution in [2.24, 2.45) is 0 Å². The van der Waals surface area contributed by atoms with Crippen LogP contribution in [-0.4, -0.2) is 17.9 Å². The van der Waals surface area contributed by atoms with Crippen molar-refractivity contribution >= 4 is 21.8 Å². The van der Waals surface area contributed by atoms with Crippen LogP contribution in [0.5, 0.6) is 0 Å². The topological polar surface area (TPSA) is 47.2 Å². The first-order valence-corrected chi connectivity index (χ1v) is 6.54. The quantitative estimate of drug-likeness (QED) is 0.644. The summed E-state index contributed by atoms with van der Waals surface area (Å²) in [6.45, 7) is 0.526. The van der Waals surface area contributed by atoms with E-state index in [-0.39, 0.29) is 5.91 Å². The molecule has 0 saturated carbocycles. The van der Waals surface area contributed by atoms with Crippen LogP contribution in [0, 0.1) is 5.21 Å². The number of carbonyl (C=O) groups excluding carboxylic acids is 1. The van der Waals surface area contributed by atoms with Gasteiger partial charge in [0.1, 0.15) is 0 Å². The maximum Gasteiger partial charge on any atom is 0.254 e. The first kappa shape index (κ1) is 13.5. The zero-order chi connectivity index (χ0) is 13.8. The predicted octanol–water partition coefficient (Wildman–Crippen LogP) is 2.35. The highest BCUT2D eigenvalue weighted by atomic mass is 79.9. The van der Waals surface area contributed by atoms with Crippen LogP contribution in [0.4, 0.5) is 0 Å². The Kier molecular flexibility index (Phi) is 4.16. The smallest absolute Gasteiger partial charge is 0.254 e. The van der Waals surface area contributed by atoms with E-state index in [1.54, 1.807) is 11.9 Å². The number of aromatic nitrogens is 1. The molecule has 1 amide bonds. The number of carbonyl (C=O) groups is 1. The molecule has 1 heterocycles. The normalized spacial score (nSPS) is 10.2. The second-order valence-corrected chi connectivity index (χ2v) is 5.15. The third kappa shape index (κ3) is 3.54. The number of benzene rings is 1. The van der Waals surface area contributed by atoms with Gasteiger partial charge in [-0.05, 0) is 17.7 Å². The molecule has 0 aliphatic carbocycles. The van der Waals surface area contributed by atoms with E-state index in [0.29, 0.717) is 16.8 Å². The summed E-state index contributed by atoms with van der Waals surface area (Å²) in [5.74, 6) is -0.108. The molecule has 5 heteroatoms. The molecule has 1 aromatic carbocycles. The van der Waals surface area contributed by atoms with E-state index >= 15 is 0 Å². The fourth-order valence-corrected chi connectivity index (χ4v) is 1.98. The van der Waals surface area contributed by atoms with Crippen LogP contribution in [0.15, 0.2) is 53.3 Å². The standard InChI is InChI=1S/C14H13BrN2O2/c1-16(10-11-2-4-13(15)5-3-11)14(18)12-6-8-17(19)9-7-12/h2-9H,10H2,1H3. The molecule has 0 bridgehead atoms. The minimum absolute atomic E-state index is 0.108. The molecule has 0 spiro atoms. The summed E-state index contributed by atoms with van der Waals surface area (Å²) in [6, 6.07) is 10.8. The predicted molar refractivity (Wildman–Crippen MR) is 75.3 cm³/mol. The Labute approximate surface area is 120 Å². The number of rotatable bonds is 3. The lowest BCUT2D eigenvalue weighted by Gasteiger charge is -2.17. The molecule has 0 unspecified atom stereocenters. The average molecular weight is 321 g/mol. The molecule has 98 valence electrons. The second kappa shape index (κ2) is 5.84. The lowest BCUT2D eigenvalue weighted by atomic mass is 10.2. The maximum atomic E-state index is 12.1. The molecule has 0 aliphatic heterocycles. The van der Waals surface area contributed by atoms with Gasteiger partial charge in [0.15, 0.2) is 12.4 Å². The van der Waals surface area contributed by atoms with Crippen LogP contribution in [-0.2, 0) is 6.54 Å². The number of hydrogen-bond donors (Lipinski definition) is 0. The summed E-state index contributed by atoms with van der Waals surface area (Å²) in [5, 5.41) is 10.9. The largest absolute Gasteiger partial charge is 0.619 e. The Morgan fingerprint density at radius 2 is 1.79 bits per heavy atom. The molecule has 0 aliphatic rings. The van der Waals surface area contributed by atoms with E-state index in [2.05, 4.69) is 15.9 Å². The monoisotopic (exact) mass is 320 g/mol. The maximum absolute atomic E-state index is 12.1. The number of amides is 1.